The molecular weight excluding hydrogens is 188 g/mol. The molecular formula is C11H20N4. The molecule has 1 aliphatic heterocycles. The van der Waals surface area contributed by atoms with Crippen LogP contribution >= 0.6 is 0 Å². The molecule has 1 aromatic rings. The van der Waals surface area contributed by atoms with E-state index in [-0.39, 0.29) is 0 Å². The number of piperazine rings is 1. The standard InChI is InChI=1S/C11H20N4/c1-3-15-9-11(6-13-15)8-14-5-4-12-10(2)7-14/h6,9-10,12H,3-5,7-8H2,1-2H3/t10-/m0/s1. The van der Waals surface area contributed by atoms with Crippen LogP contribution in [-0.2, 0) is 13.1 Å². The van der Waals surface area contributed by atoms with Gasteiger partial charge in [0.1, 0.15) is 0 Å². The molecule has 1 aliphatic rings. The van der Waals surface area contributed by atoms with Crippen molar-refractivity contribution in [1.29, 1.82) is 0 Å². The second-order valence-corrected chi connectivity index (χ2v) is 4.29. The van der Waals surface area contributed by atoms with Crippen LogP contribution in [0.4, 0.5) is 0 Å². The quantitative estimate of drug-likeness (QED) is 0.793. The maximum Gasteiger partial charge on any atom is 0.0534 e. The largest absolute Gasteiger partial charge is 0.312 e. The fourth-order valence-electron chi connectivity index (χ4n) is 2.07. The summed E-state index contributed by atoms with van der Waals surface area (Å²) in [7, 11) is 0. The number of hydrogen-bond acceptors (Lipinski definition) is 3. The lowest BCUT2D eigenvalue weighted by molar-refractivity contribution is 0.199. The fraction of sp³-hybridized carbons (Fsp3) is 0.727. The third-order valence-electron chi connectivity index (χ3n) is 2.87. The van der Waals surface area contributed by atoms with Crippen LogP contribution in [0.2, 0.25) is 0 Å². The van der Waals surface area contributed by atoms with Gasteiger partial charge in [0.2, 0.25) is 0 Å². The van der Waals surface area contributed by atoms with Crippen LogP contribution in [0.25, 0.3) is 0 Å². The summed E-state index contributed by atoms with van der Waals surface area (Å²) in [5.74, 6) is 0. The first kappa shape index (κ1) is 10.6. The molecule has 0 spiro atoms. The van der Waals surface area contributed by atoms with Crippen LogP contribution in [-0.4, -0.2) is 40.4 Å². The van der Waals surface area contributed by atoms with Gasteiger partial charge in [-0.25, -0.2) is 0 Å². The van der Waals surface area contributed by atoms with E-state index in [2.05, 4.69) is 35.4 Å². The van der Waals surface area contributed by atoms with Gasteiger partial charge in [-0.05, 0) is 13.8 Å². The van der Waals surface area contributed by atoms with Gasteiger partial charge in [-0.2, -0.15) is 5.10 Å². The Morgan fingerprint density at radius 3 is 3.13 bits per heavy atom. The summed E-state index contributed by atoms with van der Waals surface area (Å²) in [5, 5.41) is 7.75. The summed E-state index contributed by atoms with van der Waals surface area (Å²) in [6.07, 6.45) is 4.13. The van der Waals surface area contributed by atoms with Gasteiger partial charge in [0.25, 0.3) is 0 Å². The Morgan fingerprint density at radius 2 is 2.47 bits per heavy atom. The van der Waals surface area contributed by atoms with E-state index in [1.165, 1.54) is 5.56 Å². The van der Waals surface area contributed by atoms with Crippen LogP contribution in [0.15, 0.2) is 12.4 Å². The molecule has 0 saturated carbocycles. The Labute approximate surface area is 91.3 Å². The summed E-state index contributed by atoms with van der Waals surface area (Å²) in [6.45, 7) is 9.72. The molecule has 84 valence electrons. The molecule has 0 bridgehead atoms. The monoisotopic (exact) mass is 208 g/mol. The van der Waals surface area contributed by atoms with Crippen molar-refractivity contribution in [2.75, 3.05) is 19.6 Å². The lowest BCUT2D eigenvalue weighted by Crippen LogP contribution is -2.48. The van der Waals surface area contributed by atoms with Crippen molar-refractivity contribution in [3.05, 3.63) is 18.0 Å². The van der Waals surface area contributed by atoms with Crippen LogP contribution in [0, 0.1) is 0 Å². The number of aromatic nitrogens is 2. The van der Waals surface area contributed by atoms with Gasteiger partial charge in [-0.3, -0.25) is 9.58 Å². The highest BCUT2D eigenvalue weighted by atomic mass is 15.3. The first-order chi connectivity index (χ1) is 7.28. The molecule has 1 N–H and O–H groups in total. The highest BCUT2D eigenvalue weighted by Gasteiger charge is 2.15. The molecule has 1 fully saturated rings. The van der Waals surface area contributed by atoms with Gasteiger partial charge < -0.3 is 5.32 Å². The average molecular weight is 208 g/mol. The SMILES string of the molecule is CCn1cc(CN2CCN[C@@H](C)C2)cn1. The fourth-order valence-corrected chi connectivity index (χ4v) is 2.07. The van der Waals surface area contributed by atoms with Crippen molar-refractivity contribution < 1.29 is 0 Å². The zero-order valence-corrected chi connectivity index (χ0v) is 9.61. The van der Waals surface area contributed by atoms with Gasteiger partial charge >= 0.3 is 0 Å². The third-order valence-corrected chi connectivity index (χ3v) is 2.87. The molecule has 0 radical (unpaired) electrons. The van der Waals surface area contributed by atoms with Crippen molar-refractivity contribution in [3.8, 4) is 0 Å². The highest BCUT2D eigenvalue weighted by Crippen LogP contribution is 2.06. The molecule has 15 heavy (non-hydrogen) atoms. The minimum Gasteiger partial charge on any atom is -0.312 e. The number of hydrogen-bond donors (Lipinski definition) is 1. The predicted molar refractivity (Wildman–Crippen MR) is 60.6 cm³/mol. The summed E-state index contributed by atoms with van der Waals surface area (Å²) in [4.78, 5) is 2.48. The van der Waals surface area contributed by atoms with Gasteiger partial charge in [-0.15, -0.1) is 0 Å². The molecule has 4 heteroatoms. The Hall–Kier alpha value is -0.870. The molecule has 2 rings (SSSR count). The van der Waals surface area contributed by atoms with Gasteiger partial charge in [0, 0.05) is 50.5 Å². The van der Waals surface area contributed by atoms with E-state index >= 15 is 0 Å². The summed E-state index contributed by atoms with van der Waals surface area (Å²) in [5.41, 5.74) is 1.32. The predicted octanol–water partition coefficient (Wildman–Crippen LogP) is 0.697. The average Bonchev–Trinajstić information content (AvgIpc) is 2.65. The Balaban J connectivity index is 1.90. The highest BCUT2D eigenvalue weighted by molar-refractivity contribution is 5.04. The molecule has 2 heterocycles. The molecule has 0 aliphatic carbocycles. The number of nitrogens with one attached hydrogen (secondary N) is 1. The molecule has 0 amide bonds. The van der Waals surface area contributed by atoms with Crippen molar-refractivity contribution in [3.63, 3.8) is 0 Å². The molecule has 0 aromatic carbocycles. The maximum absolute atomic E-state index is 4.29. The maximum atomic E-state index is 4.29. The van der Waals surface area contributed by atoms with Crippen molar-refractivity contribution in [2.24, 2.45) is 0 Å². The lowest BCUT2D eigenvalue weighted by atomic mass is 10.2. The van der Waals surface area contributed by atoms with E-state index in [4.69, 9.17) is 0 Å². The first-order valence-electron chi connectivity index (χ1n) is 5.75. The molecule has 1 saturated heterocycles. The molecule has 4 nitrogen and oxygen atoms in total. The zero-order valence-electron chi connectivity index (χ0n) is 9.61. The molecule has 0 unspecified atom stereocenters. The normalized spacial score (nSPS) is 23.2. The van der Waals surface area contributed by atoms with Gasteiger partial charge in [0.15, 0.2) is 0 Å². The van der Waals surface area contributed by atoms with Crippen molar-refractivity contribution in [1.82, 2.24) is 20.0 Å². The van der Waals surface area contributed by atoms with Crippen LogP contribution in [0.3, 0.4) is 0 Å². The summed E-state index contributed by atoms with van der Waals surface area (Å²) < 4.78 is 1.99. The van der Waals surface area contributed by atoms with Crippen LogP contribution < -0.4 is 5.32 Å². The lowest BCUT2D eigenvalue weighted by Gasteiger charge is -2.31. The van der Waals surface area contributed by atoms with Gasteiger partial charge in [-0.1, -0.05) is 0 Å². The smallest absolute Gasteiger partial charge is 0.0534 e. The van der Waals surface area contributed by atoms with E-state index < -0.39 is 0 Å². The zero-order chi connectivity index (χ0) is 10.7. The van der Waals surface area contributed by atoms with Crippen LogP contribution in [0.5, 0.6) is 0 Å². The van der Waals surface area contributed by atoms with E-state index in [1.807, 2.05) is 10.9 Å². The second-order valence-electron chi connectivity index (χ2n) is 4.29. The number of aryl methyl sites for hydroxylation is 1. The van der Waals surface area contributed by atoms with Crippen molar-refractivity contribution >= 4 is 0 Å². The Kier molecular flexibility index (Phi) is 3.38. The minimum absolute atomic E-state index is 0.611. The minimum atomic E-state index is 0.611. The van der Waals surface area contributed by atoms with Gasteiger partial charge in [0.05, 0.1) is 6.20 Å². The first-order valence-corrected chi connectivity index (χ1v) is 5.75. The van der Waals surface area contributed by atoms with E-state index in [0.717, 1.165) is 32.7 Å². The van der Waals surface area contributed by atoms with E-state index in [9.17, 15) is 0 Å². The van der Waals surface area contributed by atoms with E-state index in [0.29, 0.717) is 6.04 Å². The van der Waals surface area contributed by atoms with Crippen molar-refractivity contribution in [2.45, 2.75) is 33.0 Å². The number of nitrogens with zero attached hydrogens (tertiary/aromatic N) is 3. The summed E-state index contributed by atoms with van der Waals surface area (Å²) in [6, 6.07) is 0.611. The molecule has 1 atom stereocenters. The third kappa shape index (κ3) is 2.79. The Morgan fingerprint density at radius 1 is 1.60 bits per heavy atom. The van der Waals surface area contributed by atoms with Crippen LogP contribution in [0.1, 0.15) is 19.4 Å². The van der Waals surface area contributed by atoms with E-state index in [1.54, 1.807) is 0 Å². The second kappa shape index (κ2) is 4.77. The topological polar surface area (TPSA) is 33.1 Å². The Bertz CT molecular complexity index is 307. The summed E-state index contributed by atoms with van der Waals surface area (Å²) >= 11 is 0. The number of rotatable bonds is 3. The molecule has 1 aromatic heterocycles.